The summed E-state index contributed by atoms with van der Waals surface area (Å²) in [4.78, 5) is 43.1. The van der Waals surface area contributed by atoms with Crippen LogP contribution in [0.15, 0.2) is 60.0 Å². The number of aromatic nitrogens is 6. The zero-order chi connectivity index (χ0) is 28.1. The number of hydrogen-bond donors (Lipinski definition) is 2. The van der Waals surface area contributed by atoms with E-state index in [4.69, 9.17) is 14.0 Å². The van der Waals surface area contributed by atoms with Gasteiger partial charge in [-0.1, -0.05) is 18.2 Å². The summed E-state index contributed by atoms with van der Waals surface area (Å²) in [5.74, 6) is 0.727. The summed E-state index contributed by atoms with van der Waals surface area (Å²) >= 11 is 0. The van der Waals surface area contributed by atoms with Crippen molar-refractivity contribution in [2.45, 2.75) is 6.54 Å². The Morgan fingerprint density at radius 1 is 1.05 bits per heavy atom. The van der Waals surface area contributed by atoms with Crippen molar-refractivity contribution in [2.24, 2.45) is 7.05 Å². The van der Waals surface area contributed by atoms with Gasteiger partial charge in [0, 0.05) is 44.0 Å². The van der Waals surface area contributed by atoms with E-state index < -0.39 is 13.4 Å². The lowest BCUT2D eigenvalue weighted by Gasteiger charge is -2.26. The van der Waals surface area contributed by atoms with Gasteiger partial charge in [-0.15, -0.1) is 0 Å². The largest absolute Gasteiger partial charge is 0.524 e. The molecule has 0 radical (unpaired) electrons. The molecule has 1 saturated heterocycles. The van der Waals surface area contributed by atoms with Gasteiger partial charge in [-0.2, -0.15) is 10.2 Å². The van der Waals surface area contributed by atoms with Crippen LogP contribution >= 0.6 is 7.82 Å². The molecular weight excluding hydrogens is 541 g/mol. The van der Waals surface area contributed by atoms with E-state index in [1.165, 1.54) is 15.6 Å². The zero-order valence-electron chi connectivity index (χ0n) is 21.7. The van der Waals surface area contributed by atoms with Crippen LogP contribution in [0.5, 0.6) is 11.5 Å². The second-order valence-electron chi connectivity index (χ2n) is 9.08. The van der Waals surface area contributed by atoms with Gasteiger partial charge >= 0.3 is 7.82 Å². The number of rotatable bonds is 10. The number of nitrogens with zero attached hydrogens (tertiary/aromatic N) is 7. The summed E-state index contributed by atoms with van der Waals surface area (Å²) in [6.45, 7) is 4.68. The summed E-state index contributed by atoms with van der Waals surface area (Å²) in [6.07, 6.45) is 7.30. The molecule has 3 aromatic heterocycles. The lowest BCUT2D eigenvalue weighted by molar-refractivity contribution is 0.0322. The molecule has 14 nitrogen and oxygen atoms in total. The van der Waals surface area contributed by atoms with E-state index in [0.717, 1.165) is 50.2 Å². The van der Waals surface area contributed by atoms with Crippen molar-refractivity contribution in [3.8, 4) is 34.0 Å². The molecule has 0 saturated carbocycles. The van der Waals surface area contributed by atoms with Gasteiger partial charge in [0.2, 0.25) is 0 Å². The zero-order valence-corrected chi connectivity index (χ0v) is 22.6. The smallest absolute Gasteiger partial charge is 0.489 e. The topological polar surface area (TPSA) is 167 Å². The molecule has 4 aromatic rings. The van der Waals surface area contributed by atoms with Crippen molar-refractivity contribution in [1.29, 1.82) is 0 Å². The maximum atomic E-state index is 13.4. The van der Waals surface area contributed by atoms with Crippen molar-refractivity contribution in [2.75, 3.05) is 39.5 Å². The molecule has 1 aliphatic heterocycles. The molecular formula is C25H28N7O7P. The molecule has 210 valence electrons. The summed E-state index contributed by atoms with van der Waals surface area (Å²) in [5.41, 5.74) is 1.15. The van der Waals surface area contributed by atoms with E-state index in [0.29, 0.717) is 23.7 Å². The van der Waals surface area contributed by atoms with Gasteiger partial charge in [0.15, 0.2) is 17.3 Å². The number of phosphoric acid groups is 1. The number of benzene rings is 1. The Labute approximate surface area is 229 Å². The van der Waals surface area contributed by atoms with Gasteiger partial charge in [0.05, 0.1) is 50.1 Å². The van der Waals surface area contributed by atoms with Gasteiger partial charge < -0.3 is 14.0 Å². The molecule has 2 N–H and O–H groups in total. The summed E-state index contributed by atoms with van der Waals surface area (Å²) < 4.78 is 30.0. The Morgan fingerprint density at radius 2 is 1.82 bits per heavy atom. The lowest BCUT2D eigenvalue weighted by atomic mass is 10.1. The second kappa shape index (κ2) is 12.1. The number of hydrogen-bond acceptors (Lipinski definition) is 10. The highest BCUT2D eigenvalue weighted by molar-refractivity contribution is 7.46. The Morgan fingerprint density at radius 3 is 2.52 bits per heavy atom. The fourth-order valence-electron chi connectivity index (χ4n) is 4.24. The first kappa shape index (κ1) is 27.6. The Kier molecular flexibility index (Phi) is 8.33. The van der Waals surface area contributed by atoms with E-state index in [1.54, 1.807) is 25.6 Å². The highest BCUT2D eigenvalue weighted by Crippen LogP contribution is 2.40. The summed E-state index contributed by atoms with van der Waals surface area (Å²) in [7, 11) is -3.27. The predicted molar refractivity (Wildman–Crippen MR) is 143 cm³/mol. The summed E-state index contributed by atoms with van der Waals surface area (Å²) in [5, 5.41) is 8.12. The number of aryl methyl sites for hydroxylation is 1. The van der Waals surface area contributed by atoms with Gasteiger partial charge in [0.25, 0.3) is 5.56 Å². The van der Waals surface area contributed by atoms with Crippen LogP contribution in [-0.4, -0.2) is 83.7 Å². The third-order valence-electron chi connectivity index (χ3n) is 6.15. The molecule has 0 unspecified atom stereocenters. The number of morpholine rings is 1. The second-order valence-corrected chi connectivity index (χ2v) is 10.2. The average Bonchev–Trinajstić information content (AvgIpc) is 3.36. The molecule has 0 bridgehead atoms. The first-order valence-electron chi connectivity index (χ1n) is 12.4. The normalized spacial score (nSPS) is 14.3. The van der Waals surface area contributed by atoms with Crippen LogP contribution in [-0.2, 0) is 22.9 Å². The van der Waals surface area contributed by atoms with Crippen LogP contribution in [0.4, 0.5) is 0 Å². The minimum atomic E-state index is -4.93. The average molecular weight is 570 g/mol. The first-order valence-corrected chi connectivity index (χ1v) is 14.0. The van der Waals surface area contributed by atoms with Crippen molar-refractivity contribution >= 4 is 7.82 Å². The van der Waals surface area contributed by atoms with Crippen molar-refractivity contribution in [3.05, 3.63) is 71.2 Å². The fraction of sp³-hybridized carbons (Fsp3) is 0.320. The monoisotopic (exact) mass is 569 g/mol. The van der Waals surface area contributed by atoms with Crippen molar-refractivity contribution < 1.29 is 28.3 Å². The van der Waals surface area contributed by atoms with Crippen molar-refractivity contribution in [1.82, 2.24) is 34.4 Å². The molecule has 40 heavy (non-hydrogen) atoms. The van der Waals surface area contributed by atoms with E-state index in [1.807, 2.05) is 24.3 Å². The van der Waals surface area contributed by atoms with Gasteiger partial charge in [-0.05, 0) is 11.6 Å². The van der Waals surface area contributed by atoms with Crippen LogP contribution in [0, 0.1) is 0 Å². The molecule has 0 spiro atoms. The minimum Gasteiger partial charge on any atom is -0.489 e. The van der Waals surface area contributed by atoms with Crippen LogP contribution in [0.25, 0.3) is 22.5 Å². The molecule has 0 atom stereocenters. The maximum absolute atomic E-state index is 13.4. The Balaban J connectivity index is 1.31. The minimum absolute atomic E-state index is 0.0601. The molecule has 4 heterocycles. The third-order valence-corrected chi connectivity index (χ3v) is 6.58. The van der Waals surface area contributed by atoms with Crippen LogP contribution < -0.4 is 14.8 Å². The first-order chi connectivity index (χ1) is 19.2. The molecule has 1 aliphatic rings. The predicted octanol–water partition coefficient (Wildman–Crippen LogP) is 1.33. The lowest BCUT2D eigenvalue weighted by Crippen LogP contribution is -2.38. The third kappa shape index (κ3) is 6.97. The molecule has 1 aromatic carbocycles. The van der Waals surface area contributed by atoms with E-state index in [2.05, 4.69) is 25.1 Å². The fourth-order valence-corrected chi connectivity index (χ4v) is 4.63. The number of ether oxygens (including phenoxy) is 2. The summed E-state index contributed by atoms with van der Waals surface area (Å²) in [6, 6.07) is 7.34. The van der Waals surface area contributed by atoms with E-state index >= 15 is 0 Å². The Hall–Kier alpha value is -3.94. The maximum Gasteiger partial charge on any atom is 0.524 e. The van der Waals surface area contributed by atoms with Gasteiger partial charge in [-0.25, -0.2) is 19.2 Å². The van der Waals surface area contributed by atoms with Crippen LogP contribution in [0.1, 0.15) is 5.56 Å². The highest BCUT2D eigenvalue weighted by Gasteiger charge is 2.23. The molecule has 0 amide bonds. The van der Waals surface area contributed by atoms with E-state index in [-0.39, 0.29) is 17.9 Å². The Bertz CT molecular complexity index is 1560. The van der Waals surface area contributed by atoms with E-state index in [9.17, 15) is 19.1 Å². The van der Waals surface area contributed by atoms with Crippen LogP contribution in [0.3, 0.4) is 0 Å². The molecule has 15 heteroatoms. The molecule has 5 rings (SSSR count). The molecule has 1 fully saturated rings. The van der Waals surface area contributed by atoms with Crippen molar-refractivity contribution in [3.63, 3.8) is 0 Å². The highest BCUT2D eigenvalue weighted by atomic mass is 31.2. The van der Waals surface area contributed by atoms with Gasteiger partial charge in [-0.3, -0.25) is 24.2 Å². The van der Waals surface area contributed by atoms with Crippen LogP contribution in [0.2, 0.25) is 0 Å². The number of phosphoric ester groups is 1. The SMILES string of the molecule is Cn1cc(-c2c(OP(=O)(O)O)cnn(Cc3cccc(-c4ncc(OCCN5CCOCC5)cn4)c3)c2=O)cn1. The van der Waals surface area contributed by atoms with Gasteiger partial charge in [0.1, 0.15) is 6.61 Å². The molecule has 0 aliphatic carbocycles. The standard InChI is InChI=1S/C25H28N7O7P/c1-30-17-20(12-28-30)23-22(39-40(34,35)36)15-29-32(25(23)33)16-18-3-2-4-19(11-18)24-26-13-21(14-27-24)38-10-7-31-5-8-37-9-6-31/h2-4,11-15,17H,5-10,16H2,1H3,(H2,34,35,36). The quantitative estimate of drug-likeness (QED) is 0.264.